The predicted molar refractivity (Wildman–Crippen MR) is 82.6 cm³/mol. The minimum Gasteiger partial charge on any atom is -0.353 e. The normalized spacial score (nSPS) is 19.5. The van der Waals surface area contributed by atoms with E-state index < -0.39 is 0 Å². The molecule has 0 spiro atoms. The van der Waals surface area contributed by atoms with Crippen LogP contribution in [-0.4, -0.2) is 18.5 Å². The van der Waals surface area contributed by atoms with Crippen LogP contribution in [0.3, 0.4) is 0 Å². The second kappa shape index (κ2) is 6.89. The van der Waals surface area contributed by atoms with Crippen molar-refractivity contribution in [2.24, 2.45) is 5.92 Å². The van der Waals surface area contributed by atoms with E-state index in [1.807, 2.05) is 12.1 Å². The van der Waals surface area contributed by atoms with Crippen LogP contribution in [0.15, 0.2) is 24.3 Å². The second-order valence-electron chi connectivity index (χ2n) is 5.76. The van der Waals surface area contributed by atoms with E-state index in [-0.39, 0.29) is 17.9 Å². The number of carbonyl (C=O) groups excluding carboxylic acids is 1. The topological polar surface area (TPSA) is 41.1 Å². The summed E-state index contributed by atoms with van der Waals surface area (Å²) in [7, 11) is 0. The van der Waals surface area contributed by atoms with Crippen LogP contribution in [0.1, 0.15) is 50.7 Å². The Kier molecular flexibility index (Phi) is 5.18. The predicted octanol–water partition coefficient (Wildman–Crippen LogP) is 2.81. The van der Waals surface area contributed by atoms with E-state index in [0.29, 0.717) is 5.92 Å². The summed E-state index contributed by atoms with van der Waals surface area (Å²) in [6.45, 7) is 8.10. The van der Waals surface area contributed by atoms with Gasteiger partial charge in [-0.1, -0.05) is 51.0 Å². The Bertz CT molecular complexity index is 454. The van der Waals surface area contributed by atoms with Gasteiger partial charge in [0.05, 0.1) is 5.92 Å². The zero-order valence-electron chi connectivity index (χ0n) is 12.8. The maximum Gasteiger partial charge on any atom is 0.229 e. The highest BCUT2D eigenvalue weighted by Gasteiger charge is 2.27. The van der Waals surface area contributed by atoms with Gasteiger partial charge in [0.1, 0.15) is 0 Å². The molecule has 3 nitrogen and oxygen atoms in total. The first-order valence-electron chi connectivity index (χ1n) is 7.76. The SMILES string of the molecule is CCC(CC)C(C)NC(=O)C1CNCc2ccccc21. The van der Waals surface area contributed by atoms with Gasteiger partial charge in [-0.3, -0.25) is 4.79 Å². The number of hydrogen-bond donors (Lipinski definition) is 2. The summed E-state index contributed by atoms with van der Waals surface area (Å²) in [6.07, 6.45) is 2.22. The van der Waals surface area contributed by atoms with Crippen LogP contribution >= 0.6 is 0 Å². The molecule has 1 aliphatic heterocycles. The molecule has 1 aromatic carbocycles. The van der Waals surface area contributed by atoms with Crippen molar-refractivity contribution in [3.05, 3.63) is 35.4 Å². The molecule has 2 unspecified atom stereocenters. The quantitative estimate of drug-likeness (QED) is 0.867. The molecule has 1 amide bonds. The van der Waals surface area contributed by atoms with Crippen molar-refractivity contribution in [1.82, 2.24) is 10.6 Å². The lowest BCUT2D eigenvalue weighted by Gasteiger charge is -2.29. The third kappa shape index (κ3) is 3.21. The first kappa shape index (κ1) is 15.0. The molecule has 0 saturated carbocycles. The average Bonchev–Trinajstić information content (AvgIpc) is 2.47. The fraction of sp³-hybridized carbons (Fsp3) is 0.588. The van der Waals surface area contributed by atoms with Crippen LogP contribution in [0.2, 0.25) is 0 Å². The van der Waals surface area contributed by atoms with Gasteiger partial charge in [-0.05, 0) is 24.0 Å². The van der Waals surface area contributed by atoms with Crippen molar-refractivity contribution in [2.45, 2.75) is 52.1 Å². The van der Waals surface area contributed by atoms with Gasteiger partial charge in [0.25, 0.3) is 0 Å². The van der Waals surface area contributed by atoms with Crippen molar-refractivity contribution in [3.8, 4) is 0 Å². The van der Waals surface area contributed by atoms with E-state index in [0.717, 1.165) is 25.9 Å². The van der Waals surface area contributed by atoms with E-state index in [1.54, 1.807) is 0 Å². The van der Waals surface area contributed by atoms with Gasteiger partial charge < -0.3 is 10.6 Å². The summed E-state index contributed by atoms with van der Waals surface area (Å²) in [5, 5.41) is 6.56. The fourth-order valence-corrected chi connectivity index (χ4v) is 3.17. The molecule has 1 aromatic rings. The van der Waals surface area contributed by atoms with Crippen molar-refractivity contribution in [1.29, 1.82) is 0 Å². The molecule has 110 valence electrons. The van der Waals surface area contributed by atoms with E-state index >= 15 is 0 Å². The molecular formula is C17H26N2O. The summed E-state index contributed by atoms with van der Waals surface area (Å²) in [6, 6.07) is 8.49. The Hall–Kier alpha value is -1.35. The van der Waals surface area contributed by atoms with Crippen LogP contribution in [0.5, 0.6) is 0 Å². The Morgan fingerprint density at radius 3 is 2.75 bits per heavy atom. The van der Waals surface area contributed by atoms with E-state index in [2.05, 4.69) is 43.5 Å². The van der Waals surface area contributed by atoms with Gasteiger partial charge in [0.2, 0.25) is 5.91 Å². The average molecular weight is 274 g/mol. The molecule has 2 atom stereocenters. The second-order valence-corrected chi connectivity index (χ2v) is 5.76. The summed E-state index contributed by atoms with van der Waals surface area (Å²) in [4.78, 5) is 12.6. The molecule has 0 saturated heterocycles. The summed E-state index contributed by atoms with van der Waals surface area (Å²) in [5.41, 5.74) is 2.43. The van der Waals surface area contributed by atoms with Crippen molar-refractivity contribution >= 4 is 5.91 Å². The smallest absolute Gasteiger partial charge is 0.229 e. The number of rotatable bonds is 5. The lowest BCUT2D eigenvalue weighted by molar-refractivity contribution is -0.123. The molecule has 1 heterocycles. The largest absolute Gasteiger partial charge is 0.353 e. The molecule has 20 heavy (non-hydrogen) atoms. The Balaban J connectivity index is 2.07. The molecule has 2 rings (SSSR count). The van der Waals surface area contributed by atoms with Gasteiger partial charge in [0, 0.05) is 19.1 Å². The first-order chi connectivity index (χ1) is 9.67. The summed E-state index contributed by atoms with van der Waals surface area (Å²) in [5.74, 6) is 0.659. The number of benzene rings is 1. The summed E-state index contributed by atoms with van der Waals surface area (Å²) < 4.78 is 0. The Morgan fingerprint density at radius 1 is 1.35 bits per heavy atom. The third-order valence-corrected chi connectivity index (χ3v) is 4.54. The highest BCUT2D eigenvalue weighted by Crippen LogP contribution is 2.24. The molecule has 1 aliphatic rings. The molecule has 0 aromatic heterocycles. The van der Waals surface area contributed by atoms with Crippen LogP contribution in [0, 0.1) is 5.92 Å². The van der Waals surface area contributed by atoms with Crippen molar-refractivity contribution in [2.75, 3.05) is 6.54 Å². The van der Waals surface area contributed by atoms with Crippen LogP contribution in [0.4, 0.5) is 0 Å². The van der Waals surface area contributed by atoms with E-state index in [1.165, 1.54) is 11.1 Å². The number of carbonyl (C=O) groups is 1. The Morgan fingerprint density at radius 2 is 2.05 bits per heavy atom. The zero-order valence-corrected chi connectivity index (χ0v) is 12.8. The van der Waals surface area contributed by atoms with Gasteiger partial charge in [0.15, 0.2) is 0 Å². The van der Waals surface area contributed by atoms with Gasteiger partial charge >= 0.3 is 0 Å². The maximum atomic E-state index is 12.6. The minimum absolute atomic E-state index is 0.0586. The maximum absolute atomic E-state index is 12.6. The van der Waals surface area contributed by atoms with Gasteiger partial charge in [-0.15, -0.1) is 0 Å². The molecule has 0 aliphatic carbocycles. The standard InChI is InChI=1S/C17H26N2O/c1-4-13(5-2)12(3)19-17(20)16-11-18-10-14-8-6-7-9-15(14)16/h6-9,12-13,16,18H,4-5,10-11H2,1-3H3,(H,19,20). The number of hydrogen-bond acceptors (Lipinski definition) is 2. The highest BCUT2D eigenvalue weighted by molar-refractivity contribution is 5.84. The summed E-state index contributed by atoms with van der Waals surface area (Å²) >= 11 is 0. The lowest BCUT2D eigenvalue weighted by Crippen LogP contribution is -2.44. The highest BCUT2D eigenvalue weighted by atomic mass is 16.2. The molecule has 0 bridgehead atoms. The molecule has 0 radical (unpaired) electrons. The van der Waals surface area contributed by atoms with Gasteiger partial charge in [-0.25, -0.2) is 0 Å². The van der Waals surface area contributed by atoms with E-state index in [9.17, 15) is 4.79 Å². The van der Waals surface area contributed by atoms with Crippen LogP contribution in [0.25, 0.3) is 0 Å². The first-order valence-corrected chi connectivity index (χ1v) is 7.76. The van der Waals surface area contributed by atoms with Gasteiger partial charge in [-0.2, -0.15) is 0 Å². The van der Waals surface area contributed by atoms with Crippen LogP contribution < -0.4 is 10.6 Å². The molecule has 2 N–H and O–H groups in total. The number of fused-ring (bicyclic) bond motifs is 1. The molecule has 0 fully saturated rings. The lowest BCUT2D eigenvalue weighted by atomic mass is 9.89. The number of amides is 1. The van der Waals surface area contributed by atoms with E-state index in [4.69, 9.17) is 0 Å². The molecular weight excluding hydrogens is 248 g/mol. The monoisotopic (exact) mass is 274 g/mol. The fourth-order valence-electron chi connectivity index (χ4n) is 3.17. The number of nitrogens with one attached hydrogen (secondary N) is 2. The van der Waals surface area contributed by atoms with Crippen LogP contribution in [-0.2, 0) is 11.3 Å². The Labute approximate surface area is 122 Å². The third-order valence-electron chi connectivity index (χ3n) is 4.54. The van der Waals surface area contributed by atoms with Crippen molar-refractivity contribution in [3.63, 3.8) is 0 Å². The minimum atomic E-state index is -0.0586. The zero-order chi connectivity index (χ0) is 14.5. The molecule has 3 heteroatoms. The van der Waals surface area contributed by atoms with Crippen molar-refractivity contribution < 1.29 is 4.79 Å².